The summed E-state index contributed by atoms with van der Waals surface area (Å²) in [4.78, 5) is 32.9. The largest absolute Gasteiger partial charge is 0.331 e. The molecule has 43 heavy (non-hydrogen) atoms. The normalized spacial score (nSPS) is 11.2. The zero-order valence-corrected chi connectivity index (χ0v) is 25.3. The van der Waals surface area contributed by atoms with E-state index in [2.05, 4.69) is 10.1 Å². The fourth-order valence-corrected chi connectivity index (χ4v) is 5.51. The van der Waals surface area contributed by atoms with Gasteiger partial charge in [0.2, 0.25) is 0 Å². The number of halogens is 1. The van der Waals surface area contributed by atoms with Crippen LogP contribution < -0.4 is 4.90 Å². The van der Waals surface area contributed by atoms with Crippen molar-refractivity contribution in [1.82, 2.24) is 0 Å². The Kier molecular flexibility index (Phi) is 9.72. The number of hydrogen-bond acceptors (Lipinski definition) is 6. The molecule has 5 nitrogen and oxygen atoms in total. The second-order valence-corrected chi connectivity index (χ2v) is 11.3. The van der Waals surface area contributed by atoms with Gasteiger partial charge in [-0.05, 0) is 85.3 Å². The van der Waals surface area contributed by atoms with Crippen LogP contribution in [0, 0.1) is 6.92 Å². The van der Waals surface area contributed by atoms with E-state index < -0.39 is 5.97 Å². The first-order chi connectivity index (χ1) is 20.9. The summed E-state index contributed by atoms with van der Waals surface area (Å²) in [6.45, 7) is 3.27. The van der Waals surface area contributed by atoms with E-state index in [0.717, 1.165) is 33.1 Å². The molecule has 0 aliphatic rings. The highest BCUT2D eigenvalue weighted by Gasteiger charge is 2.16. The van der Waals surface area contributed by atoms with Gasteiger partial charge in [-0.25, -0.2) is 4.79 Å². The number of benzene rings is 5. The number of aryl methyl sites for hydroxylation is 1. The minimum Gasteiger partial charge on any atom is -0.318 e. The van der Waals surface area contributed by atoms with E-state index in [4.69, 9.17) is 16.4 Å². The minimum atomic E-state index is -0.481. The van der Waals surface area contributed by atoms with E-state index in [-0.39, 0.29) is 5.78 Å². The Bertz CT molecular complexity index is 1740. The van der Waals surface area contributed by atoms with Gasteiger partial charge >= 0.3 is 5.97 Å². The Labute approximate surface area is 260 Å². The first-order valence-electron chi connectivity index (χ1n) is 13.7. The average Bonchev–Trinajstić information content (AvgIpc) is 3.03. The molecule has 0 saturated heterocycles. The first kappa shape index (κ1) is 29.8. The third kappa shape index (κ3) is 7.60. The van der Waals surface area contributed by atoms with E-state index in [0.29, 0.717) is 27.6 Å². The Balaban J connectivity index is 1.43. The van der Waals surface area contributed by atoms with Crippen LogP contribution in [-0.2, 0) is 9.63 Å². The van der Waals surface area contributed by atoms with E-state index in [1.165, 1.54) is 6.92 Å². The maximum absolute atomic E-state index is 13.2. The summed E-state index contributed by atoms with van der Waals surface area (Å²) in [7, 11) is 0. The zero-order chi connectivity index (χ0) is 30.2. The molecule has 0 unspecified atom stereocenters. The highest BCUT2D eigenvalue weighted by atomic mass is 35.5. The van der Waals surface area contributed by atoms with Gasteiger partial charge in [-0.3, -0.25) is 4.79 Å². The molecule has 0 spiro atoms. The summed E-state index contributed by atoms with van der Waals surface area (Å²) in [5.74, 6) is 0.00842. The summed E-state index contributed by atoms with van der Waals surface area (Å²) in [5.41, 5.74) is 6.55. The van der Waals surface area contributed by atoms with Gasteiger partial charge in [0.05, 0.1) is 5.71 Å². The van der Waals surface area contributed by atoms with Crippen molar-refractivity contribution in [3.8, 4) is 0 Å². The van der Waals surface area contributed by atoms with Crippen molar-refractivity contribution in [1.29, 1.82) is 0 Å². The minimum absolute atomic E-state index is 0.00340. The molecule has 0 aliphatic carbocycles. The van der Waals surface area contributed by atoms with Crippen molar-refractivity contribution in [2.75, 3.05) is 10.7 Å². The van der Waals surface area contributed by atoms with Crippen LogP contribution in [0.4, 0.5) is 17.1 Å². The number of hydrogen-bond donors (Lipinski definition) is 0. The number of ketones is 1. The number of para-hydroxylation sites is 1. The van der Waals surface area contributed by atoms with Gasteiger partial charge < -0.3 is 9.74 Å². The highest BCUT2D eigenvalue weighted by Crippen LogP contribution is 2.35. The lowest BCUT2D eigenvalue weighted by molar-refractivity contribution is -0.140. The van der Waals surface area contributed by atoms with Crippen LogP contribution in [0.2, 0.25) is 5.02 Å². The third-order valence-electron chi connectivity index (χ3n) is 6.72. The molecule has 0 bridgehead atoms. The van der Waals surface area contributed by atoms with Crippen molar-refractivity contribution in [3.05, 3.63) is 155 Å². The van der Waals surface area contributed by atoms with E-state index >= 15 is 0 Å². The third-order valence-corrected chi connectivity index (χ3v) is 8.00. The molecule has 0 atom stereocenters. The highest BCUT2D eigenvalue weighted by molar-refractivity contribution is 8.00. The molecule has 0 radical (unpaired) electrons. The summed E-state index contributed by atoms with van der Waals surface area (Å²) in [6.07, 6.45) is 0. The Hall–Kier alpha value is -4.65. The Morgan fingerprint density at radius 1 is 0.721 bits per heavy atom. The van der Waals surface area contributed by atoms with Gasteiger partial charge in [-0.2, -0.15) is 0 Å². The van der Waals surface area contributed by atoms with Gasteiger partial charge in [0.1, 0.15) is 0 Å². The Morgan fingerprint density at radius 2 is 1.28 bits per heavy atom. The van der Waals surface area contributed by atoms with Gasteiger partial charge in [0.15, 0.2) is 5.78 Å². The van der Waals surface area contributed by atoms with Crippen LogP contribution in [0.3, 0.4) is 0 Å². The summed E-state index contributed by atoms with van der Waals surface area (Å²) in [5, 5.41) is 4.82. The number of nitrogens with zero attached hydrogens (tertiary/aromatic N) is 2. The van der Waals surface area contributed by atoms with Crippen molar-refractivity contribution >= 4 is 57.9 Å². The van der Waals surface area contributed by atoms with Gasteiger partial charge in [0, 0.05) is 56.3 Å². The van der Waals surface area contributed by atoms with E-state index in [1.807, 2.05) is 134 Å². The topological polar surface area (TPSA) is 59.0 Å². The molecule has 0 fully saturated rings. The molecule has 214 valence electrons. The average molecular weight is 605 g/mol. The van der Waals surface area contributed by atoms with Gasteiger partial charge in [-0.1, -0.05) is 71.4 Å². The number of carbonyl (C=O) groups excluding carboxylic acids is 2. The van der Waals surface area contributed by atoms with Crippen LogP contribution >= 0.6 is 23.4 Å². The molecule has 0 amide bonds. The second kappa shape index (κ2) is 14.0. The summed E-state index contributed by atoms with van der Waals surface area (Å²) >= 11 is 7.60. The first-order valence-corrected chi connectivity index (χ1v) is 15.0. The lowest BCUT2D eigenvalue weighted by Crippen LogP contribution is -2.12. The van der Waals surface area contributed by atoms with Crippen LogP contribution in [-0.4, -0.2) is 23.2 Å². The predicted molar refractivity (Wildman–Crippen MR) is 176 cm³/mol. The van der Waals surface area contributed by atoms with E-state index in [9.17, 15) is 9.59 Å². The van der Waals surface area contributed by atoms with Crippen molar-refractivity contribution in [3.63, 3.8) is 0 Å². The van der Waals surface area contributed by atoms with Crippen LogP contribution in [0.15, 0.2) is 137 Å². The smallest absolute Gasteiger partial charge is 0.318 e. The van der Waals surface area contributed by atoms with Crippen LogP contribution in [0.5, 0.6) is 0 Å². The molecule has 0 saturated carbocycles. The number of rotatable bonds is 10. The molecule has 5 rings (SSSR count). The van der Waals surface area contributed by atoms with Gasteiger partial charge in [0.25, 0.3) is 0 Å². The maximum atomic E-state index is 13.2. The number of carbonyl (C=O) groups is 2. The zero-order valence-electron chi connectivity index (χ0n) is 23.7. The fraction of sp³-hybridized carbons (Fsp3) is 0.0833. The second-order valence-electron chi connectivity index (χ2n) is 9.77. The molecule has 0 aliphatic heterocycles. The standard InChI is InChI=1S/C36H29ClN2O3S/c1-25-8-6-7-11-34(25)36(41)28-14-20-32(21-15-28)39(30-9-4-3-5-10-30)31-18-12-27(13-19-31)35(38-42-26(2)40)24-43-33-22-16-29(37)17-23-33/h3-23H,24H2,1-2H3/b38-35+. The fourth-order valence-electron chi connectivity index (χ4n) is 4.54. The van der Waals surface area contributed by atoms with Gasteiger partial charge in [-0.15, -0.1) is 11.8 Å². The van der Waals surface area contributed by atoms with Crippen LogP contribution in [0.1, 0.15) is 34.0 Å². The number of oxime groups is 1. The maximum Gasteiger partial charge on any atom is 0.331 e. The molecule has 0 heterocycles. The Morgan fingerprint density at radius 3 is 1.88 bits per heavy atom. The molecule has 0 N–H and O–H groups in total. The number of anilines is 3. The molecular formula is C36H29ClN2O3S. The lowest BCUT2D eigenvalue weighted by atomic mass is 9.99. The summed E-state index contributed by atoms with van der Waals surface area (Å²) < 4.78 is 0. The lowest BCUT2D eigenvalue weighted by Gasteiger charge is -2.26. The number of thioether (sulfide) groups is 1. The van der Waals surface area contributed by atoms with Crippen molar-refractivity contribution in [2.45, 2.75) is 18.7 Å². The van der Waals surface area contributed by atoms with Crippen molar-refractivity contribution < 1.29 is 14.4 Å². The predicted octanol–water partition coefficient (Wildman–Crippen LogP) is 9.41. The van der Waals surface area contributed by atoms with E-state index in [1.54, 1.807) is 11.8 Å². The molecule has 0 aromatic heterocycles. The SMILES string of the molecule is CC(=O)O/N=C(\CSc1ccc(Cl)cc1)c1ccc(N(c2ccccc2)c2ccc(C(=O)c3ccccc3C)cc2)cc1. The van der Waals surface area contributed by atoms with Crippen molar-refractivity contribution in [2.24, 2.45) is 5.16 Å². The molecule has 5 aromatic carbocycles. The quantitative estimate of drug-likeness (QED) is 0.0522. The monoisotopic (exact) mass is 604 g/mol. The summed E-state index contributed by atoms with van der Waals surface area (Å²) in [6, 6.07) is 40.8. The molecule has 7 heteroatoms. The molecular weight excluding hydrogens is 576 g/mol. The molecule has 5 aromatic rings. The van der Waals surface area contributed by atoms with Crippen LogP contribution in [0.25, 0.3) is 0 Å².